The second-order valence-electron chi connectivity index (χ2n) is 4.24. The number of H-pyrrole nitrogens is 1. The zero-order valence-corrected chi connectivity index (χ0v) is 11.4. The molecule has 1 aromatic heterocycles. The second-order valence-corrected chi connectivity index (χ2v) is 5.92. The van der Waals surface area contributed by atoms with Crippen molar-refractivity contribution in [1.82, 2.24) is 9.71 Å². The van der Waals surface area contributed by atoms with E-state index in [4.69, 9.17) is 0 Å². The lowest BCUT2D eigenvalue weighted by Gasteiger charge is -2.14. The number of hydrogen-bond donors (Lipinski definition) is 2. The summed E-state index contributed by atoms with van der Waals surface area (Å²) >= 11 is 0. The number of halogens is 1. The quantitative estimate of drug-likeness (QED) is 0.898. The fourth-order valence-corrected chi connectivity index (χ4v) is 3.07. The Morgan fingerprint density at radius 3 is 2.60 bits per heavy atom. The standard InChI is InChI=1S/C13H13FN2O3S/c1-9(10-4-2-3-5-11(10)14)16-20(18,19)13-8-15-7-6-12(13)17/h2-9,16H,1H3,(H,15,17). The Hall–Kier alpha value is -1.99. The Kier molecular flexibility index (Phi) is 4.01. The van der Waals surface area contributed by atoms with Gasteiger partial charge in [-0.25, -0.2) is 17.5 Å². The van der Waals surface area contributed by atoms with Gasteiger partial charge < -0.3 is 4.98 Å². The van der Waals surface area contributed by atoms with Crippen molar-refractivity contribution < 1.29 is 12.8 Å². The van der Waals surface area contributed by atoms with Gasteiger partial charge in [-0.1, -0.05) is 18.2 Å². The summed E-state index contributed by atoms with van der Waals surface area (Å²) in [4.78, 5) is 13.7. The average Bonchev–Trinajstić information content (AvgIpc) is 2.38. The van der Waals surface area contributed by atoms with Crippen molar-refractivity contribution in [2.24, 2.45) is 0 Å². The molecule has 2 rings (SSSR count). The van der Waals surface area contributed by atoms with Gasteiger partial charge in [0.15, 0.2) is 0 Å². The lowest BCUT2D eigenvalue weighted by Crippen LogP contribution is -2.31. The van der Waals surface area contributed by atoms with E-state index in [0.717, 1.165) is 12.3 Å². The van der Waals surface area contributed by atoms with Gasteiger partial charge in [0.05, 0.1) is 0 Å². The van der Waals surface area contributed by atoms with E-state index in [2.05, 4.69) is 9.71 Å². The predicted octanol–water partition coefficient (Wildman–Crippen LogP) is 1.55. The molecule has 0 aliphatic rings. The van der Waals surface area contributed by atoms with Crippen molar-refractivity contribution in [3.63, 3.8) is 0 Å². The summed E-state index contributed by atoms with van der Waals surface area (Å²) in [5.41, 5.74) is -0.416. The van der Waals surface area contributed by atoms with Crippen LogP contribution >= 0.6 is 0 Å². The number of sulfonamides is 1. The molecule has 1 heterocycles. The summed E-state index contributed by atoms with van der Waals surface area (Å²) in [7, 11) is -4.02. The Morgan fingerprint density at radius 1 is 1.25 bits per heavy atom. The van der Waals surface area contributed by atoms with Crippen LogP contribution in [0.25, 0.3) is 0 Å². The minimum absolute atomic E-state index is 0.212. The third-order valence-electron chi connectivity index (χ3n) is 2.78. The highest BCUT2D eigenvalue weighted by Crippen LogP contribution is 2.18. The molecule has 1 aromatic carbocycles. The molecule has 0 spiro atoms. The topological polar surface area (TPSA) is 79.0 Å². The first-order valence-corrected chi connectivity index (χ1v) is 7.34. The first-order chi connectivity index (χ1) is 9.42. The summed E-state index contributed by atoms with van der Waals surface area (Å²) in [6.07, 6.45) is 2.43. The monoisotopic (exact) mass is 296 g/mol. The van der Waals surface area contributed by atoms with Crippen molar-refractivity contribution in [3.8, 4) is 0 Å². The van der Waals surface area contributed by atoms with Crippen LogP contribution in [0.15, 0.2) is 52.4 Å². The van der Waals surface area contributed by atoms with Gasteiger partial charge in [0, 0.05) is 30.1 Å². The third kappa shape index (κ3) is 2.94. The Balaban J connectivity index is 2.32. The van der Waals surface area contributed by atoms with Crippen LogP contribution in [-0.2, 0) is 10.0 Å². The van der Waals surface area contributed by atoms with Gasteiger partial charge in [-0.2, -0.15) is 0 Å². The molecule has 1 unspecified atom stereocenters. The SMILES string of the molecule is CC(NS(=O)(=O)c1c[nH]ccc1=O)c1ccccc1F. The molecule has 0 saturated heterocycles. The van der Waals surface area contributed by atoms with Crippen LogP contribution in [0, 0.1) is 5.82 Å². The zero-order valence-electron chi connectivity index (χ0n) is 10.6. The Bertz CT molecular complexity index is 771. The molecule has 0 bridgehead atoms. The largest absolute Gasteiger partial charge is 0.366 e. The maximum atomic E-state index is 13.6. The fraction of sp³-hybridized carbons (Fsp3) is 0.154. The van der Waals surface area contributed by atoms with Crippen LogP contribution in [0.2, 0.25) is 0 Å². The molecule has 0 radical (unpaired) electrons. The Labute approximate surface area is 115 Å². The number of benzene rings is 1. The number of nitrogens with one attached hydrogen (secondary N) is 2. The molecule has 2 N–H and O–H groups in total. The molecule has 0 fully saturated rings. The van der Waals surface area contributed by atoms with Crippen molar-refractivity contribution in [2.45, 2.75) is 17.9 Å². The summed E-state index contributed by atoms with van der Waals surface area (Å²) in [5.74, 6) is -0.510. The molecule has 0 aliphatic carbocycles. The van der Waals surface area contributed by atoms with Crippen LogP contribution in [0.3, 0.4) is 0 Å². The highest BCUT2D eigenvalue weighted by Gasteiger charge is 2.22. The molecule has 0 aliphatic heterocycles. The van der Waals surface area contributed by atoms with Crippen LogP contribution < -0.4 is 10.2 Å². The molecule has 0 saturated carbocycles. The van der Waals surface area contributed by atoms with E-state index in [1.165, 1.54) is 31.3 Å². The summed E-state index contributed by atoms with van der Waals surface area (Å²) in [5, 5.41) is 0. The van der Waals surface area contributed by atoms with Gasteiger partial charge >= 0.3 is 0 Å². The average molecular weight is 296 g/mol. The van der Waals surface area contributed by atoms with E-state index in [1.54, 1.807) is 6.07 Å². The number of aromatic amines is 1. The highest BCUT2D eigenvalue weighted by atomic mass is 32.2. The van der Waals surface area contributed by atoms with Gasteiger partial charge in [0.2, 0.25) is 15.5 Å². The first-order valence-electron chi connectivity index (χ1n) is 5.85. The van der Waals surface area contributed by atoms with Gasteiger partial charge in [0.1, 0.15) is 10.7 Å². The number of hydrogen-bond acceptors (Lipinski definition) is 3. The van der Waals surface area contributed by atoms with E-state index >= 15 is 0 Å². The van der Waals surface area contributed by atoms with E-state index in [0.29, 0.717) is 0 Å². The van der Waals surface area contributed by atoms with Crippen molar-refractivity contribution in [2.75, 3.05) is 0 Å². The fourth-order valence-electron chi connectivity index (χ4n) is 1.80. The molecule has 106 valence electrons. The molecule has 5 nitrogen and oxygen atoms in total. The lowest BCUT2D eigenvalue weighted by molar-refractivity contribution is 0.549. The normalized spacial score (nSPS) is 13.1. The molecule has 0 amide bonds. The summed E-state index contributed by atoms with van der Waals surface area (Å²) in [6, 6.07) is 6.18. The van der Waals surface area contributed by atoms with Crippen LogP contribution in [0.4, 0.5) is 4.39 Å². The maximum absolute atomic E-state index is 13.6. The number of rotatable bonds is 4. The third-order valence-corrected chi connectivity index (χ3v) is 4.34. The van der Waals surface area contributed by atoms with Gasteiger partial charge in [-0.3, -0.25) is 4.79 Å². The highest BCUT2D eigenvalue weighted by molar-refractivity contribution is 7.89. The smallest absolute Gasteiger partial charge is 0.246 e. The second kappa shape index (κ2) is 5.56. The molecule has 1 atom stereocenters. The zero-order chi connectivity index (χ0) is 14.8. The minimum atomic E-state index is -4.02. The van der Waals surface area contributed by atoms with Crippen LogP contribution in [-0.4, -0.2) is 13.4 Å². The number of pyridine rings is 1. The van der Waals surface area contributed by atoms with Gasteiger partial charge in [-0.15, -0.1) is 0 Å². The van der Waals surface area contributed by atoms with Crippen molar-refractivity contribution in [1.29, 1.82) is 0 Å². The molecule has 2 aromatic rings. The van der Waals surface area contributed by atoms with E-state index in [-0.39, 0.29) is 5.56 Å². The van der Waals surface area contributed by atoms with Crippen LogP contribution in [0.5, 0.6) is 0 Å². The van der Waals surface area contributed by atoms with Crippen molar-refractivity contribution >= 4 is 10.0 Å². The van der Waals surface area contributed by atoms with E-state index < -0.39 is 32.2 Å². The maximum Gasteiger partial charge on any atom is 0.246 e. The first kappa shape index (κ1) is 14.4. The summed E-state index contributed by atoms with van der Waals surface area (Å²) < 4.78 is 40.1. The van der Waals surface area contributed by atoms with Crippen LogP contribution in [0.1, 0.15) is 18.5 Å². The lowest BCUT2D eigenvalue weighted by atomic mass is 10.1. The molecular formula is C13H13FN2O3S. The summed E-state index contributed by atoms with van der Waals surface area (Å²) in [6.45, 7) is 1.51. The van der Waals surface area contributed by atoms with Gasteiger partial charge in [-0.05, 0) is 13.0 Å². The minimum Gasteiger partial charge on any atom is -0.366 e. The molecule has 7 heteroatoms. The number of aromatic nitrogens is 1. The van der Waals surface area contributed by atoms with E-state index in [1.807, 2.05) is 0 Å². The van der Waals surface area contributed by atoms with Gasteiger partial charge in [0.25, 0.3) is 0 Å². The predicted molar refractivity (Wildman–Crippen MR) is 72.2 cm³/mol. The Morgan fingerprint density at radius 2 is 1.95 bits per heavy atom. The molecular weight excluding hydrogens is 283 g/mol. The molecule has 20 heavy (non-hydrogen) atoms. The van der Waals surface area contributed by atoms with E-state index in [9.17, 15) is 17.6 Å². The van der Waals surface area contributed by atoms with Crippen molar-refractivity contribution in [3.05, 3.63) is 64.3 Å².